The number of phosphoric ester groups is 1. The van der Waals surface area contributed by atoms with Crippen molar-refractivity contribution in [1.29, 1.82) is 0 Å². The number of phosphoric acid groups is 1. The third-order valence-electron chi connectivity index (χ3n) is 11.6. The van der Waals surface area contributed by atoms with E-state index in [0.717, 1.165) is 38.5 Å². The van der Waals surface area contributed by atoms with Crippen molar-refractivity contribution in [2.45, 2.75) is 251 Å². The smallest absolute Gasteiger partial charge is 0.268 e. The van der Waals surface area contributed by atoms with Gasteiger partial charge in [-0.3, -0.25) is 9.36 Å². The SMILES string of the molecule is CCCCCCCCCCC/C=C/CC/C=C/C(O)C(COP(=O)([O-])OCC[N+](C)(C)C)NC(=O)CCCCCCCCCC/C=C\CCCCCCCCCCCCCC. The molecule has 0 fully saturated rings. The number of nitrogens with zero attached hydrogens (tertiary/aromatic N) is 1. The number of carbonyl (C=O) groups is 1. The van der Waals surface area contributed by atoms with Crippen molar-refractivity contribution in [3.05, 3.63) is 36.5 Å². The van der Waals surface area contributed by atoms with Gasteiger partial charge in [0.15, 0.2) is 0 Å². The van der Waals surface area contributed by atoms with Gasteiger partial charge in [0.2, 0.25) is 5.91 Å². The first-order valence-corrected chi connectivity index (χ1v) is 27.3. The molecule has 3 atom stereocenters. The molecule has 1 amide bonds. The molecule has 0 aliphatic carbocycles. The molecular formula is C52H101N2O6P. The van der Waals surface area contributed by atoms with E-state index in [1.54, 1.807) is 6.08 Å². The Kier molecular flexibility index (Phi) is 43.0. The number of nitrogens with one attached hydrogen (secondary N) is 1. The molecule has 0 saturated carbocycles. The number of rotatable bonds is 47. The number of amides is 1. The van der Waals surface area contributed by atoms with E-state index in [2.05, 4.69) is 43.5 Å². The lowest BCUT2D eigenvalue weighted by Crippen LogP contribution is -2.45. The van der Waals surface area contributed by atoms with Gasteiger partial charge in [0.05, 0.1) is 39.9 Å². The number of aliphatic hydroxyl groups excluding tert-OH is 1. The van der Waals surface area contributed by atoms with E-state index < -0.39 is 26.6 Å². The molecule has 3 unspecified atom stereocenters. The summed E-state index contributed by atoms with van der Waals surface area (Å²) in [5.74, 6) is -0.209. The van der Waals surface area contributed by atoms with Crippen LogP contribution in [0.25, 0.3) is 0 Å². The van der Waals surface area contributed by atoms with Crippen LogP contribution in [-0.2, 0) is 18.4 Å². The van der Waals surface area contributed by atoms with Gasteiger partial charge in [0.1, 0.15) is 13.2 Å². The number of allylic oxidation sites excluding steroid dienone is 5. The fourth-order valence-electron chi connectivity index (χ4n) is 7.46. The molecule has 360 valence electrons. The van der Waals surface area contributed by atoms with Crippen LogP contribution in [0.5, 0.6) is 0 Å². The Hall–Kier alpha value is -1.28. The van der Waals surface area contributed by atoms with Crippen LogP contribution in [0.3, 0.4) is 0 Å². The monoisotopic (exact) mass is 881 g/mol. The standard InChI is InChI=1S/C52H101N2O6P/c1-6-8-10-12-14-16-18-20-22-23-24-25-26-27-28-29-30-32-34-36-38-40-42-44-46-52(56)53-50(49-60-61(57,58)59-48-47-54(3,4)5)51(55)45-43-41-39-37-35-33-31-21-19-17-15-13-11-9-7-2/h27-28,35,37,43,45,50-51,55H,6-26,29-34,36,38-42,44,46-49H2,1-5H3,(H-,53,56,57,58)/b28-27-,37-35+,45-43+. The Balaban J connectivity index is 4.28. The van der Waals surface area contributed by atoms with Crippen molar-refractivity contribution in [3.8, 4) is 0 Å². The zero-order valence-corrected chi connectivity index (χ0v) is 41.8. The maximum absolute atomic E-state index is 12.9. The lowest BCUT2D eigenvalue weighted by molar-refractivity contribution is -0.870. The molecular weight excluding hydrogens is 780 g/mol. The van der Waals surface area contributed by atoms with Crippen LogP contribution in [0.2, 0.25) is 0 Å². The molecule has 0 aromatic carbocycles. The quantitative estimate of drug-likeness (QED) is 0.0273. The third kappa shape index (κ3) is 46.5. The van der Waals surface area contributed by atoms with E-state index in [1.807, 2.05) is 27.2 Å². The van der Waals surface area contributed by atoms with Crippen LogP contribution in [0, 0.1) is 0 Å². The predicted octanol–water partition coefficient (Wildman–Crippen LogP) is 14.4. The van der Waals surface area contributed by atoms with E-state index in [4.69, 9.17) is 9.05 Å². The molecule has 0 aromatic heterocycles. The zero-order valence-electron chi connectivity index (χ0n) is 40.9. The molecule has 0 heterocycles. The highest BCUT2D eigenvalue weighted by atomic mass is 31.2. The Morgan fingerprint density at radius 3 is 1.33 bits per heavy atom. The molecule has 61 heavy (non-hydrogen) atoms. The lowest BCUT2D eigenvalue weighted by atomic mass is 10.0. The van der Waals surface area contributed by atoms with Gasteiger partial charge in [0, 0.05) is 6.42 Å². The van der Waals surface area contributed by atoms with Gasteiger partial charge < -0.3 is 28.8 Å². The molecule has 0 rings (SSSR count). The van der Waals surface area contributed by atoms with Crippen molar-refractivity contribution in [2.75, 3.05) is 40.9 Å². The normalized spacial score (nSPS) is 14.4. The van der Waals surface area contributed by atoms with Crippen LogP contribution >= 0.6 is 7.82 Å². The Morgan fingerprint density at radius 2 is 0.918 bits per heavy atom. The predicted molar refractivity (Wildman–Crippen MR) is 261 cm³/mol. The minimum atomic E-state index is -4.60. The van der Waals surface area contributed by atoms with E-state index >= 15 is 0 Å². The van der Waals surface area contributed by atoms with E-state index in [-0.39, 0.29) is 12.5 Å². The van der Waals surface area contributed by atoms with Crippen molar-refractivity contribution in [1.82, 2.24) is 5.32 Å². The van der Waals surface area contributed by atoms with Gasteiger partial charge in [-0.05, 0) is 57.8 Å². The molecule has 9 heteroatoms. The van der Waals surface area contributed by atoms with Gasteiger partial charge in [-0.2, -0.15) is 0 Å². The largest absolute Gasteiger partial charge is 0.756 e. The second-order valence-electron chi connectivity index (χ2n) is 18.9. The van der Waals surface area contributed by atoms with E-state index in [0.29, 0.717) is 17.4 Å². The highest BCUT2D eigenvalue weighted by molar-refractivity contribution is 7.45. The number of likely N-dealkylation sites (N-methyl/N-ethyl adjacent to an activating group) is 1. The third-order valence-corrected chi connectivity index (χ3v) is 12.5. The van der Waals surface area contributed by atoms with Crippen molar-refractivity contribution in [2.24, 2.45) is 0 Å². The molecule has 0 radical (unpaired) electrons. The van der Waals surface area contributed by atoms with Crippen LogP contribution in [-0.4, -0.2) is 68.5 Å². The number of hydrogen-bond donors (Lipinski definition) is 2. The Morgan fingerprint density at radius 1 is 0.557 bits per heavy atom. The summed E-state index contributed by atoms with van der Waals surface area (Å²) in [6, 6.07) is -0.903. The van der Waals surface area contributed by atoms with Crippen molar-refractivity contribution < 1.29 is 32.9 Å². The average Bonchev–Trinajstić information content (AvgIpc) is 3.21. The van der Waals surface area contributed by atoms with E-state index in [9.17, 15) is 19.4 Å². The summed E-state index contributed by atoms with van der Waals surface area (Å²) in [7, 11) is 1.24. The highest BCUT2D eigenvalue weighted by Gasteiger charge is 2.23. The second kappa shape index (κ2) is 43.9. The molecule has 8 nitrogen and oxygen atoms in total. The summed E-state index contributed by atoms with van der Waals surface area (Å²) in [5, 5.41) is 13.8. The zero-order chi connectivity index (χ0) is 45.0. The Labute approximate surface area is 378 Å². The van der Waals surface area contributed by atoms with E-state index in [1.165, 1.54) is 180 Å². The highest BCUT2D eigenvalue weighted by Crippen LogP contribution is 2.38. The van der Waals surface area contributed by atoms with Gasteiger partial charge >= 0.3 is 0 Å². The van der Waals surface area contributed by atoms with Gasteiger partial charge in [-0.25, -0.2) is 0 Å². The number of quaternary nitrogens is 1. The van der Waals surface area contributed by atoms with Crippen LogP contribution in [0.15, 0.2) is 36.5 Å². The maximum atomic E-state index is 12.9. The van der Waals surface area contributed by atoms with Crippen molar-refractivity contribution in [3.63, 3.8) is 0 Å². The second-order valence-corrected chi connectivity index (χ2v) is 20.3. The van der Waals surface area contributed by atoms with Gasteiger partial charge in [-0.1, -0.05) is 211 Å². The van der Waals surface area contributed by atoms with Gasteiger partial charge in [0.25, 0.3) is 7.82 Å². The fraction of sp³-hybridized carbons (Fsp3) is 0.865. The minimum Gasteiger partial charge on any atom is -0.756 e. The summed E-state index contributed by atoms with van der Waals surface area (Å²) in [6.07, 6.45) is 54.9. The molecule has 0 spiro atoms. The number of carbonyl (C=O) groups excluding carboxylic acids is 1. The summed E-state index contributed by atoms with van der Waals surface area (Å²) in [4.78, 5) is 25.4. The number of aliphatic hydroxyl groups is 1. The molecule has 0 saturated heterocycles. The van der Waals surface area contributed by atoms with Crippen LogP contribution in [0.1, 0.15) is 239 Å². The lowest BCUT2D eigenvalue weighted by Gasteiger charge is -2.29. The average molecular weight is 881 g/mol. The molecule has 0 aromatic rings. The summed E-state index contributed by atoms with van der Waals surface area (Å²) in [6.45, 7) is 4.64. The summed E-state index contributed by atoms with van der Waals surface area (Å²) in [5.41, 5.74) is 0. The van der Waals surface area contributed by atoms with Gasteiger partial charge in [-0.15, -0.1) is 0 Å². The fourth-order valence-corrected chi connectivity index (χ4v) is 8.18. The molecule has 0 aliphatic heterocycles. The maximum Gasteiger partial charge on any atom is 0.268 e. The number of hydrogen-bond acceptors (Lipinski definition) is 6. The van der Waals surface area contributed by atoms with Crippen LogP contribution in [0.4, 0.5) is 0 Å². The first kappa shape index (κ1) is 59.7. The van der Waals surface area contributed by atoms with Crippen LogP contribution < -0.4 is 10.2 Å². The first-order valence-electron chi connectivity index (χ1n) is 25.9. The molecule has 2 N–H and O–H groups in total. The molecule has 0 bridgehead atoms. The summed E-state index contributed by atoms with van der Waals surface area (Å²) >= 11 is 0. The minimum absolute atomic E-state index is 0.00664. The first-order chi connectivity index (χ1) is 29.5. The van der Waals surface area contributed by atoms with Crippen molar-refractivity contribution >= 4 is 13.7 Å². The summed E-state index contributed by atoms with van der Waals surface area (Å²) < 4.78 is 23.2. The Bertz CT molecular complexity index is 1090. The number of unbranched alkanes of at least 4 members (excludes halogenated alkanes) is 30. The molecule has 0 aliphatic rings. The topological polar surface area (TPSA) is 108 Å².